The smallest absolute Gasteiger partial charge is 0.337 e. The van der Waals surface area contributed by atoms with Crippen molar-refractivity contribution in [1.29, 1.82) is 0 Å². The zero-order valence-electron chi connectivity index (χ0n) is 16.5. The number of carbonyl (C=O) groups excluding carboxylic acids is 1. The molecule has 2 aromatic carbocycles. The second kappa shape index (κ2) is 8.77. The van der Waals surface area contributed by atoms with Gasteiger partial charge in [0.25, 0.3) is 5.91 Å². The predicted molar refractivity (Wildman–Crippen MR) is 107 cm³/mol. The number of rotatable bonds is 4. The first-order chi connectivity index (χ1) is 14.1. The lowest BCUT2D eigenvalue weighted by Gasteiger charge is -2.23. The van der Waals surface area contributed by atoms with Crippen LogP contribution in [0.4, 0.5) is 13.2 Å². The number of sulfone groups is 1. The summed E-state index contributed by atoms with van der Waals surface area (Å²) in [4.78, 5) is 16.6. The van der Waals surface area contributed by atoms with Crippen LogP contribution in [-0.2, 0) is 22.6 Å². The van der Waals surface area contributed by atoms with E-state index in [1.807, 2.05) is 0 Å². The van der Waals surface area contributed by atoms with Gasteiger partial charge in [-0.05, 0) is 36.2 Å². The summed E-state index contributed by atoms with van der Waals surface area (Å²) in [5.74, 6) is -0.609. The summed E-state index contributed by atoms with van der Waals surface area (Å²) in [5.41, 5.74) is -0.304. The highest BCUT2D eigenvalue weighted by Gasteiger charge is 2.36. The molecule has 0 saturated carbocycles. The van der Waals surface area contributed by atoms with Crippen LogP contribution >= 0.6 is 0 Å². The molecule has 30 heavy (non-hydrogen) atoms. The SMILES string of the molecule is CS(=O)(=O)c1ccc(CN2CCCN(C(=O)c3ccccc3C(F)(F)F)CC2)cc1. The van der Waals surface area contributed by atoms with Gasteiger partial charge >= 0.3 is 6.18 Å². The molecular formula is C21H23F3N2O3S. The Labute approximate surface area is 174 Å². The normalized spacial score (nSPS) is 16.3. The summed E-state index contributed by atoms with van der Waals surface area (Å²) in [6, 6.07) is 11.5. The van der Waals surface area contributed by atoms with E-state index >= 15 is 0 Å². The van der Waals surface area contributed by atoms with E-state index < -0.39 is 27.5 Å². The number of hydrogen-bond donors (Lipinski definition) is 0. The molecule has 1 saturated heterocycles. The second-order valence-electron chi connectivity index (χ2n) is 7.38. The van der Waals surface area contributed by atoms with Gasteiger partial charge in [-0.2, -0.15) is 13.2 Å². The molecule has 0 atom stereocenters. The molecule has 0 bridgehead atoms. The van der Waals surface area contributed by atoms with Crippen molar-refractivity contribution < 1.29 is 26.4 Å². The van der Waals surface area contributed by atoms with Crippen LogP contribution in [0.15, 0.2) is 53.4 Å². The van der Waals surface area contributed by atoms with E-state index in [2.05, 4.69) is 4.90 Å². The van der Waals surface area contributed by atoms with E-state index in [4.69, 9.17) is 0 Å². The molecule has 1 aliphatic heterocycles. The Kier molecular flexibility index (Phi) is 6.52. The van der Waals surface area contributed by atoms with E-state index in [1.165, 1.54) is 23.1 Å². The number of amides is 1. The molecule has 0 N–H and O–H groups in total. The molecule has 0 aliphatic carbocycles. The molecule has 0 unspecified atom stereocenters. The lowest BCUT2D eigenvalue weighted by molar-refractivity contribution is -0.138. The minimum absolute atomic E-state index is 0.252. The number of benzene rings is 2. The van der Waals surface area contributed by atoms with E-state index in [1.54, 1.807) is 24.3 Å². The van der Waals surface area contributed by atoms with Crippen molar-refractivity contribution in [3.63, 3.8) is 0 Å². The standard InChI is InChI=1S/C21H23F3N2O3S/c1-30(28,29)17-9-7-16(8-10-17)15-25-11-4-12-26(14-13-25)20(27)18-5-2-3-6-19(18)21(22,23)24/h2-3,5-10H,4,11-15H2,1H3. The Balaban J connectivity index is 1.66. The van der Waals surface area contributed by atoms with Crippen LogP contribution < -0.4 is 0 Å². The van der Waals surface area contributed by atoms with Gasteiger partial charge in [-0.15, -0.1) is 0 Å². The van der Waals surface area contributed by atoms with E-state index in [0.29, 0.717) is 39.1 Å². The molecule has 5 nitrogen and oxygen atoms in total. The quantitative estimate of drug-likeness (QED) is 0.731. The van der Waals surface area contributed by atoms with Gasteiger partial charge in [0.15, 0.2) is 9.84 Å². The third-order valence-electron chi connectivity index (χ3n) is 5.10. The van der Waals surface area contributed by atoms with Crippen LogP contribution in [0.5, 0.6) is 0 Å². The summed E-state index contributed by atoms with van der Waals surface area (Å²) in [7, 11) is -3.25. The maximum Gasteiger partial charge on any atom is 0.417 e. The third kappa shape index (κ3) is 5.40. The van der Waals surface area contributed by atoms with E-state index in [0.717, 1.165) is 17.9 Å². The van der Waals surface area contributed by atoms with Crippen molar-refractivity contribution >= 4 is 15.7 Å². The van der Waals surface area contributed by atoms with Crippen molar-refractivity contribution in [3.05, 3.63) is 65.2 Å². The molecule has 9 heteroatoms. The number of hydrogen-bond acceptors (Lipinski definition) is 4. The summed E-state index contributed by atoms with van der Waals surface area (Å²) in [6.07, 6.45) is -2.79. The van der Waals surface area contributed by atoms with E-state index in [-0.39, 0.29) is 10.5 Å². The second-order valence-corrected chi connectivity index (χ2v) is 9.40. The molecular weight excluding hydrogens is 417 g/mol. The molecule has 0 aromatic heterocycles. The number of halogens is 3. The average molecular weight is 440 g/mol. The predicted octanol–water partition coefficient (Wildman–Crippen LogP) is 3.46. The monoisotopic (exact) mass is 440 g/mol. The van der Waals surface area contributed by atoms with Gasteiger partial charge in [0.2, 0.25) is 0 Å². The Bertz CT molecular complexity index is 1000. The summed E-state index contributed by atoms with van der Waals surface area (Å²) in [5, 5.41) is 0. The van der Waals surface area contributed by atoms with Crippen molar-refractivity contribution in [1.82, 2.24) is 9.80 Å². The van der Waals surface area contributed by atoms with Crippen LogP contribution in [0, 0.1) is 0 Å². The van der Waals surface area contributed by atoms with Crippen LogP contribution in [0.1, 0.15) is 27.9 Å². The first kappa shape index (κ1) is 22.3. The van der Waals surface area contributed by atoms with Gasteiger partial charge in [-0.3, -0.25) is 9.69 Å². The summed E-state index contributed by atoms with van der Waals surface area (Å²) in [6.45, 7) is 2.50. The van der Waals surface area contributed by atoms with Gasteiger partial charge < -0.3 is 4.90 Å². The summed E-state index contributed by atoms with van der Waals surface area (Å²) >= 11 is 0. The fraction of sp³-hybridized carbons (Fsp3) is 0.381. The van der Waals surface area contributed by atoms with Crippen LogP contribution in [0.3, 0.4) is 0 Å². The first-order valence-electron chi connectivity index (χ1n) is 9.52. The highest BCUT2D eigenvalue weighted by molar-refractivity contribution is 7.90. The third-order valence-corrected chi connectivity index (χ3v) is 6.22. The molecule has 2 aromatic rings. The van der Waals surface area contributed by atoms with E-state index in [9.17, 15) is 26.4 Å². The zero-order chi connectivity index (χ0) is 21.9. The van der Waals surface area contributed by atoms with Crippen LogP contribution in [0.25, 0.3) is 0 Å². The topological polar surface area (TPSA) is 57.7 Å². The molecule has 1 aliphatic rings. The highest BCUT2D eigenvalue weighted by atomic mass is 32.2. The molecule has 1 heterocycles. The maximum absolute atomic E-state index is 13.2. The highest BCUT2D eigenvalue weighted by Crippen LogP contribution is 2.32. The Morgan fingerprint density at radius 2 is 1.63 bits per heavy atom. The van der Waals surface area contributed by atoms with Crippen molar-refractivity contribution in [2.75, 3.05) is 32.4 Å². The summed E-state index contributed by atoms with van der Waals surface area (Å²) < 4.78 is 62.9. The molecule has 0 radical (unpaired) electrons. The van der Waals surface area contributed by atoms with Crippen molar-refractivity contribution in [2.24, 2.45) is 0 Å². The minimum Gasteiger partial charge on any atom is -0.337 e. The van der Waals surface area contributed by atoms with Crippen molar-refractivity contribution in [2.45, 2.75) is 24.0 Å². The Morgan fingerprint density at radius 3 is 2.27 bits per heavy atom. The van der Waals surface area contributed by atoms with Gasteiger partial charge in [0.1, 0.15) is 0 Å². The lowest BCUT2D eigenvalue weighted by Crippen LogP contribution is -2.36. The fourth-order valence-corrected chi connectivity index (χ4v) is 4.15. The fourth-order valence-electron chi connectivity index (χ4n) is 3.52. The Hall–Kier alpha value is -2.39. The Morgan fingerprint density at radius 1 is 0.967 bits per heavy atom. The number of alkyl halides is 3. The average Bonchev–Trinajstić information content (AvgIpc) is 2.92. The lowest BCUT2D eigenvalue weighted by atomic mass is 10.1. The van der Waals surface area contributed by atoms with Gasteiger partial charge in [-0.25, -0.2) is 8.42 Å². The zero-order valence-corrected chi connectivity index (χ0v) is 17.3. The van der Waals surface area contributed by atoms with Gasteiger partial charge in [0.05, 0.1) is 16.0 Å². The molecule has 1 fully saturated rings. The number of carbonyl (C=O) groups is 1. The first-order valence-corrected chi connectivity index (χ1v) is 11.4. The molecule has 162 valence electrons. The molecule has 3 rings (SSSR count). The van der Waals surface area contributed by atoms with Gasteiger partial charge in [0, 0.05) is 39.0 Å². The van der Waals surface area contributed by atoms with Crippen molar-refractivity contribution in [3.8, 4) is 0 Å². The number of nitrogens with zero attached hydrogens (tertiary/aromatic N) is 2. The largest absolute Gasteiger partial charge is 0.417 e. The van der Waals surface area contributed by atoms with Crippen LogP contribution in [-0.4, -0.2) is 56.6 Å². The van der Waals surface area contributed by atoms with Crippen LogP contribution in [0.2, 0.25) is 0 Å². The minimum atomic E-state index is -4.58. The van der Waals surface area contributed by atoms with Gasteiger partial charge in [-0.1, -0.05) is 24.3 Å². The molecule has 1 amide bonds. The molecule has 0 spiro atoms. The maximum atomic E-state index is 13.2.